The molecule has 4 rings (SSSR count). The molecule has 1 saturated heterocycles. The van der Waals surface area contributed by atoms with Crippen LogP contribution in [0.15, 0.2) is 66.7 Å². The molecule has 2 amide bonds. The largest absolute Gasteiger partial charge is 0.481 e. The predicted molar refractivity (Wildman–Crippen MR) is 120 cm³/mol. The minimum absolute atomic E-state index is 0.109. The van der Waals surface area contributed by atoms with Crippen LogP contribution in [0, 0.1) is 0 Å². The molecule has 1 heterocycles. The molecule has 0 aromatic heterocycles. The lowest BCUT2D eigenvalue weighted by molar-refractivity contribution is -0.122. The van der Waals surface area contributed by atoms with Crippen LogP contribution in [-0.2, 0) is 9.53 Å². The maximum Gasteiger partial charge on any atom is 0.265 e. The van der Waals surface area contributed by atoms with Gasteiger partial charge >= 0.3 is 0 Å². The quantitative estimate of drug-likeness (QED) is 0.654. The van der Waals surface area contributed by atoms with Crippen LogP contribution in [0.1, 0.15) is 23.7 Å². The van der Waals surface area contributed by atoms with E-state index in [0.717, 1.165) is 10.8 Å². The summed E-state index contributed by atoms with van der Waals surface area (Å²) >= 11 is 0. The normalized spacial score (nSPS) is 14.8. The molecule has 3 aromatic carbocycles. The Morgan fingerprint density at radius 2 is 1.71 bits per heavy atom. The van der Waals surface area contributed by atoms with E-state index in [2.05, 4.69) is 5.32 Å². The average molecular weight is 418 g/mol. The molecule has 1 atom stereocenters. The molecular weight excluding hydrogens is 392 g/mol. The fourth-order valence-corrected chi connectivity index (χ4v) is 3.66. The van der Waals surface area contributed by atoms with E-state index >= 15 is 0 Å². The van der Waals surface area contributed by atoms with Crippen LogP contribution >= 0.6 is 0 Å². The van der Waals surface area contributed by atoms with Crippen LogP contribution in [0.25, 0.3) is 10.8 Å². The fourth-order valence-electron chi connectivity index (χ4n) is 3.66. The molecule has 0 bridgehead atoms. The van der Waals surface area contributed by atoms with Crippen LogP contribution in [-0.4, -0.2) is 49.1 Å². The zero-order chi connectivity index (χ0) is 21.6. The van der Waals surface area contributed by atoms with Crippen LogP contribution in [0.4, 0.5) is 5.69 Å². The number of hydrogen-bond acceptors (Lipinski definition) is 4. The SMILES string of the molecule is CCC(Oc1ccc2ccccc2c1)C(=O)Nc1ccccc1C(=O)N1CCOCC1. The summed E-state index contributed by atoms with van der Waals surface area (Å²) in [5.41, 5.74) is 0.961. The highest BCUT2D eigenvalue weighted by Crippen LogP contribution is 2.23. The first kappa shape index (κ1) is 20.9. The summed E-state index contributed by atoms with van der Waals surface area (Å²) in [4.78, 5) is 27.7. The van der Waals surface area contributed by atoms with Crippen molar-refractivity contribution in [3.63, 3.8) is 0 Å². The molecule has 0 spiro atoms. The molecule has 3 aromatic rings. The van der Waals surface area contributed by atoms with Crippen molar-refractivity contribution in [1.29, 1.82) is 0 Å². The van der Waals surface area contributed by atoms with Crippen LogP contribution in [0.3, 0.4) is 0 Å². The van der Waals surface area contributed by atoms with E-state index in [0.29, 0.717) is 49.7 Å². The van der Waals surface area contributed by atoms with E-state index in [4.69, 9.17) is 9.47 Å². The summed E-state index contributed by atoms with van der Waals surface area (Å²) in [6.07, 6.45) is -0.175. The van der Waals surface area contributed by atoms with E-state index in [1.54, 1.807) is 29.2 Å². The Hall–Kier alpha value is -3.38. The van der Waals surface area contributed by atoms with Crippen molar-refractivity contribution < 1.29 is 19.1 Å². The van der Waals surface area contributed by atoms with Crippen LogP contribution in [0.2, 0.25) is 0 Å². The van der Waals surface area contributed by atoms with Gasteiger partial charge in [0.2, 0.25) is 0 Å². The number of ether oxygens (including phenoxy) is 2. The Kier molecular flexibility index (Phi) is 6.48. The summed E-state index contributed by atoms with van der Waals surface area (Å²) in [6, 6.07) is 20.9. The number of nitrogens with zero attached hydrogens (tertiary/aromatic N) is 1. The van der Waals surface area contributed by atoms with E-state index in [9.17, 15) is 9.59 Å². The number of carbonyl (C=O) groups is 2. The molecule has 31 heavy (non-hydrogen) atoms. The minimum atomic E-state index is -0.673. The van der Waals surface area contributed by atoms with E-state index in [1.165, 1.54) is 0 Å². The van der Waals surface area contributed by atoms with Gasteiger partial charge in [-0.3, -0.25) is 9.59 Å². The number of nitrogens with one attached hydrogen (secondary N) is 1. The lowest BCUT2D eigenvalue weighted by atomic mass is 10.1. The molecule has 1 N–H and O–H groups in total. The summed E-state index contributed by atoms with van der Waals surface area (Å²) in [7, 11) is 0. The summed E-state index contributed by atoms with van der Waals surface area (Å²) in [5, 5.41) is 5.06. The molecular formula is C25H26N2O4. The Morgan fingerprint density at radius 3 is 2.48 bits per heavy atom. The highest BCUT2D eigenvalue weighted by Gasteiger charge is 2.24. The summed E-state index contributed by atoms with van der Waals surface area (Å²) in [6.45, 7) is 4.04. The first-order valence-corrected chi connectivity index (χ1v) is 10.6. The number of hydrogen-bond donors (Lipinski definition) is 1. The highest BCUT2D eigenvalue weighted by molar-refractivity contribution is 6.04. The second-order valence-corrected chi connectivity index (χ2v) is 7.46. The number of para-hydroxylation sites is 1. The Balaban J connectivity index is 1.49. The van der Waals surface area contributed by atoms with E-state index in [-0.39, 0.29) is 11.8 Å². The molecule has 6 nitrogen and oxygen atoms in total. The molecule has 1 aliphatic heterocycles. The molecule has 0 saturated carbocycles. The lowest BCUT2D eigenvalue weighted by Gasteiger charge is -2.27. The fraction of sp³-hybridized carbons (Fsp3) is 0.280. The van der Waals surface area contributed by atoms with Gasteiger partial charge in [-0.1, -0.05) is 49.4 Å². The Bertz CT molecular complexity index is 1080. The Morgan fingerprint density at radius 1 is 1.00 bits per heavy atom. The first-order valence-electron chi connectivity index (χ1n) is 10.6. The number of rotatable bonds is 6. The molecule has 1 aliphatic rings. The third kappa shape index (κ3) is 4.86. The van der Waals surface area contributed by atoms with E-state index in [1.807, 2.05) is 49.4 Å². The third-order valence-corrected chi connectivity index (χ3v) is 5.38. The number of carbonyl (C=O) groups excluding carboxylic acids is 2. The molecule has 160 valence electrons. The second kappa shape index (κ2) is 9.62. The van der Waals surface area contributed by atoms with E-state index < -0.39 is 6.10 Å². The topological polar surface area (TPSA) is 67.9 Å². The van der Waals surface area contributed by atoms with Crippen LogP contribution < -0.4 is 10.1 Å². The van der Waals surface area contributed by atoms with Gasteiger partial charge in [0.25, 0.3) is 11.8 Å². The average Bonchev–Trinajstić information content (AvgIpc) is 2.82. The van der Waals surface area contributed by atoms with Crippen molar-refractivity contribution in [3.8, 4) is 5.75 Å². The lowest BCUT2D eigenvalue weighted by Crippen LogP contribution is -2.41. The van der Waals surface area contributed by atoms with Gasteiger partial charge < -0.3 is 19.7 Å². The first-order chi connectivity index (χ1) is 15.2. The van der Waals surface area contributed by atoms with Crippen molar-refractivity contribution in [2.75, 3.05) is 31.6 Å². The van der Waals surface area contributed by atoms with Gasteiger partial charge in [0.1, 0.15) is 5.75 Å². The number of morpholine rings is 1. The van der Waals surface area contributed by atoms with Crippen molar-refractivity contribution in [2.45, 2.75) is 19.4 Å². The van der Waals surface area contributed by atoms with Gasteiger partial charge in [-0.15, -0.1) is 0 Å². The predicted octanol–water partition coefficient (Wildman–Crippen LogP) is 4.11. The molecule has 1 unspecified atom stereocenters. The molecule has 0 aliphatic carbocycles. The molecule has 1 fully saturated rings. The summed E-state index contributed by atoms with van der Waals surface area (Å²) < 4.78 is 11.3. The number of benzene rings is 3. The zero-order valence-corrected chi connectivity index (χ0v) is 17.5. The third-order valence-electron chi connectivity index (χ3n) is 5.38. The number of amides is 2. The minimum Gasteiger partial charge on any atom is -0.481 e. The number of anilines is 1. The smallest absolute Gasteiger partial charge is 0.265 e. The zero-order valence-electron chi connectivity index (χ0n) is 17.5. The number of fused-ring (bicyclic) bond motifs is 1. The van der Waals surface area contributed by atoms with Gasteiger partial charge in [0.05, 0.1) is 24.5 Å². The van der Waals surface area contributed by atoms with Gasteiger partial charge in [0.15, 0.2) is 6.10 Å². The monoisotopic (exact) mass is 418 g/mol. The van der Waals surface area contributed by atoms with Gasteiger partial charge in [-0.2, -0.15) is 0 Å². The summed E-state index contributed by atoms with van der Waals surface area (Å²) in [5.74, 6) is 0.249. The van der Waals surface area contributed by atoms with Gasteiger partial charge in [-0.25, -0.2) is 0 Å². The Labute approximate surface area is 181 Å². The van der Waals surface area contributed by atoms with Crippen LogP contribution in [0.5, 0.6) is 5.75 Å². The van der Waals surface area contributed by atoms with Crippen molar-refractivity contribution in [2.24, 2.45) is 0 Å². The van der Waals surface area contributed by atoms with Crippen molar-refractivity contribution >= 4 is 28.3 Å². The van der Waals surface area contributed by atoms with Gasteiger partial charge in [0, 0.05) is 13.1 Å². The van der Waals surface area contributed by atoms with Crippen molar-refractivity contribution in [3.05, 3.63) is 72.3 Å². The standard InChI is InChI=1S/C25H26N2O4/c1-2-23(31-20-12-11-18-7-3-4-8-19(18)17-20)24(28)26-22-10-6-5-9-21(22)25(29)27-13-15-30-16-14-27/h3-12,17,23H,2,13-16H2,1H3,(H,26,28). The maximum atomic E-state index is 13.0. The van der Waals surface area contributed by atoms with Crippen molar-refractivity contribution in [1.82, 2.24) is 4.90 Å². The molecule has 0 radical (unpaired) electrons. The van der Waals surface area contributed by atoms with Gasteiger partial charge in [-0.05, 0) is 41.5 Å². The maximum absolute atomic E-state index is 13.0. The second-order valence-electron chi connectivity index (χ2n) is 7.46. The highest BCUT2D eigenvalue weighted by atomic mass is 16.5. The molecule has 6 heteroatoms.